The van der Waals surface area contributed by atoms with Crippen molar-refractivity contribution in [2.24, 2.45) is 22.6 Å². The maximum absolute atomic E-state index is 12.7. The smallest absolute Gasteiger partial charge is 0.186 e. The van der Waals surface area contributed by atoms with Gasteiger partial charge in [0.2, 0.25) is 8.17 Å². The van der Waals surface area contributed by atoms with E-state index in [0.29, 0.717) is 0 Å². The molecule has 1 unspecified atom stereocenters. The molecule has 0 aromatic rings. The molecule has 0 saturated carbocycles. The van der Waals surface area contributed by atoms with Crippen LogP contribution in [0.3, 0.4) is 0 Å². The quantitative estimate of drug-likeness (QED) is 0.290. The first-order valence-corrected chi connectivity index (χ1v) is 10.8. The molecule has 0 aliphatic carbocycles. The maximum atomic E-state index is 12.7. The Hall–Kier alpha value is 0.520. The molecule has 19 heteroatoms. The summed E-state index contributed by atoms with van der Waals surface area (Å²) in [6, 6.07) is 0. The van der Waals surface area contributed by atoms with E-state index < -0.39 is 39.5 Å². The molecule has 0 amide bonds. The van der Waals surface area contributed by atoms with Crippen molar-refractivity contribution in [3.8, 4) is 0 Å². The van der Waals surface area contributed by atoms with E-state index in [0.717, 1.165) is 0 Å². The lowest BCUT2D eigenvalue weighted by Gasteiger charge is -2.07. The van der Waals surface area contributed by atoms with E-state index in [1.807, 2.05) is 0 Å². The summed E-state index contributed by atoms with van der Waals surface area (Å²) in [4.78, 5) is 0. The molecule has 0 saturated heterocycles. The van der Waals surface area contributed by atoms with Crippen LogP contribution in [0.15, 0.2) is 22.6 Å². The van der Waals surface area contributed by atoms with Crippen molar-refractivity contribution < 1.29 is 37.8 Å². The Bertz CT molecular complexity index is 608. The van der Waals surface area contributed by atoms with Crippen LogP contribution in [0.5, 0.6) is 0 Å². The highest BCUT2D eigenvalue weighted by Crippen LogP contribution is 2.79. The highest BCUT2D eigenvalue weighted by atomic mass is 31.3. The Balaban J connectivity index is 3.82. The van der Waals surface area contributed by atoms with Crippen LogP contribution < -0.4 is 0 Å². The summed E-state index contributed by atoms with van der Waals surface area (Å²) in [5.41, 5.74) is 0. The van der Waals surface area contributed by atoms with Crippen molar-refractivity contribution in [1.82, 2.24) is 0 Å². The Morgan fingerprint density at radius 3 is 1.42 bits per heavy atom. The summed E-state index contributed by atoms with van der Waals surface area (Å²) < 4.78 is 122. The summed E-state index contributed by atoms with van der Waals surface area (Å²) >= 11 is 0. The predicted octanol–water partition coefficient (Wildman–Crippen LogP) is 8.74. The van der Waals surface area contributed by atoms with Gasteiger partial charge in [-0.2, -0.15) is 13.2 Å². The zero-order valence-electron chi connectivity index (χ0n) is 7.93. The molecule has 0 aromatic heterocycles. The molecule has 1 heterocycles. The second kappa shape index (κ2) is 5.38. The Labute approximate surface area is 101 Å². The molecule has 0 spiro atoms. The molecule has 1 atom stereocenters. The predicted molar refractivity (Wildman–Crippen MR) is 58.1 cm³/mol. The summed E-state index contributed by atoms with van der Waals surface area (Å²) in [5, 5.41) is 0. The van der Waals surface area contributed by atoms with Crippen molar-refractivity contribution in [2.45, 2.75) is 0 Å². The van der Waals surface area contributed by atoms with Crippen LogP contribution in [0.1, 0.15) is 0 Å². The molecule has 0 fully saturated rings. The highest BCUT2D eigenvalue weighted by molar-refractivity contribution is 7.76. The van der Waals surface area contributed by atoms with Crippen LogP contribution in [0.25, 0.3) is 0 Å². The number of halogens is 9. The minimum atomic E-state index is -6.63. The summed E-state index contributed by atoms with van der Waals surface area (Å²) in [6.07, 6.45) is 0. The normalized spacial score (nSPS) is 32.4. The van der Waals surface area contributed by atoms with Gasteiger partial charge in [0.25, 0.3) is 0 Å². The van der Waals surface area contributed by atoms with Crippen LogP contribution in [0.2, 0.25) is 0 Å². The minimum Gasteiger partial charge on any atom is -0.186 e. The summed E-state index contributed by atoms with van der Waals surface area (Å²) in [5.74, 6) is 0. The van der Waals surface area contributed by atoms with Crippen molar-refractivity contribution in [3.05, 3.63) is 0 Å². The molecule has 19 heavy (non-hydrogen) atoms. The fourth-order valence-electron chi connectivity index (χ4n) is 0.683. The average molecular weight is 397 g/mol. The zero-order valence-corrected chi connectivity index (χ0v) is 12.5. The second-order valence-corrected chi connectivity index (χ2v) is 10.5. The minimum absolute atomic E-state index is 1.30. The first-order chi connectivity index (χ1) is 8.22. The lowest BCUT2D eigenvalue weighted by molar-refractivity contribution is 0.689. The van der Waals surface area contributed by atoms with E-state index in [1.54, 1.807) is 9.03 Å². The zero-order chi connectivity index (χ0) is 15.1. The number of hydrogen-bond acceptors (Lipinski definition) is 5. The first-order valence-electron chi connectivity index (χ1n) is 3.59. The molecule has 0 N–H and O–H groups in total. The third-order valence-electron chi connectivity index (χ3n) is 1.05. The van der Waals surface area contributed by atoms with Gasteiger partial charge in [-0.15, -0.1) is 47.1 Å². The molecule has 1 rings (SSSR count). The van der Waals surface area contributed by atoms with E-state index >= 15 is 0 Å². The largest absolute Gasteiger partial charge is 0.425 e. The van der Waals surface area contributed by atoms with Crippen molar-refractivity contribution >= 4 is 39.5 Å². The van der Waals surface area contributed by atoms with E-state index in [-0.39, 0.29) is 0 Å². The van der Waals surface area contributed by atoms with Crippen LogP contribution >= 0.6 is 39.5 Å². The van der Waals surface area contributed by atoms with E-state index in [4.69, 9.17) is 0 Å². The molecule has 5 nitrogen and oxygen atoms in total. The van der Waals surface area contributed by atoms with Gasteiger partial charge in [-0.3, -0.25) is 0 Å². The van der Waals surface area contributed by atoms with E-state index in [2.05, 4.69) is 0 Å². The lowest BCUT2D eigenvalue weighted by atomic mass is 13.8. The third kappa shape index (κ3) is 6.21. The van der Waals surface area contributed by atoms with Gasteiger partial charge in [0, 0.05) is 0 Å². The van der Waals surface area contributed by atoms with E-state index in [1.165, 1.54) is 13.5 Å². The molecular weight excluding hydrogens is 396 g/mol. The van der Waals surface area contributed by atoms with Gasteiger partial charge in [0.15, 0.2) is 0 Å². The molecule has 0 aromatic carbocycles. The number of hydrogen-bond donors (Lipinski definition) is 0. The lowest BCUT2D eigenvalue weighted by Crippen LogP contribution is -1.64. The highest BCUT2D eigenvalue weighted by Gasteiger charge is 2.36. The van der Waals surface area contributed by atoms with Gasteiger partial charge in [-0.25, -0.2) is 0 Å². The van der Waals surface area contributed by atoms with Gasteiger partial charge in [-0.1, -0.05) is 0 Å². The maximum Gasteiger partial charge on any atom is 0.425 e. The molecular formula is HF9N5P5. The Morgan fingerprint density at radius 1 is 0.579 bits per heavy atom. The van der Waals surface area contributed by atoms with Gasteiger partial charge < -0.3 is 0 Å². The molecule has 1 aliphatic rings. The fourth-order valence-corrected chi connectivity index (χ4v) is 7.87. The monoisotopic (exact) mass is 397 g/mol. The number of rotatable bonds is 0. The summed E-state index contributed by atoms with van der Waals surface area (Å²) in [6.45, 7) is 0. The van der Waals surface area contributed by atoms with Crippen molar-refractivity contribution in [1.29, 1.82) is 0 Å². The van der Waals surface area contributed by atoms with Gasteiger partial charge in [0.1, 0.15) is 0 Å². The first kappa shape index (κ1) is 17.6. The number of nitrogens with zero attached hydrogens (tertiary/aromatic N) is 5. The fraction of sp³-hybridized carbons (Fsp3) is 0. The second-order valence-electron chi connectivity index (χ2n) is 2.56. The van der Waals surface area contributed by atoms with Crippen LogP contribution in [-0.4, -0.2) is 0 Å². The molecule has 0 bridgehead atoms. The van der Waals surface area contributed by atoms with Gasteiger partial charge in [-0.05, 0) is 0 Å². The van der Waals surface area contributed by atoms with Gasteiger partial charge in [0.05, 0.1) is 0 Å². The Kier molecular flexibility index (Phi) is 4.97. The van der Waals surface area contributed by atoms with Crippen LogP contribution in [0, 0.1) is 0 Å². The Morgan fingerprint density at radius 2 is 0.947 bits per heavy atom. The molecule has 0 radical (unpaired) electrons. The van der Waals surface area contributed by atoms with Crippen molar-refractivity contribution in [3.63, 3.8) is 0 Å². The van der Waals surface area contributed by atoms with Crippen LogP contribution in [-0.2, 0) is 0 Å². The summed E-state index contributed by atoms with van der Waals surface area (Å²) in [7, 11) is -30.7. The van der Waals surface area contributed by atoms with Gasteiger partial charge >= 0.3 is 31.3 Å². The SMILES string of the molecule is F/[PH]1=N/P(F)(F)=NP(F)(F)=NP(F)(F)=NP(F)(F)=N1. The average Bonchev–Trinajstić information content (AvgIpc) is 1.87. The topological polar surface area (TPSA) is 61.8 Å². The third-order valence-corrected chi connectivity index (χ3v) is 9.46. The standard InChI is InChI=1S/F9HN5P5/c1-15-10-16(2,3)12-18(6,7)14-19(8,9)13-17(4,5)11-15/h15H. The van der Waals surface area contributed by atoms with Crippen molar-refractivity contribution in [2.75, 3.05) is 0 Å². The molecule has 114 valence electrons. The van der Waals surface area contributed by atoms with E-state index in [9.17, 15) is 37.8 Å². The molecule has 1 aliphatic heterocycles. The van der Waals surface area contributed by atoms with Crippen LogP contribution in [0.4, 0.5) is 37.8 Å².